The zero-order valence-corrected chi connectivity index (χ0v) is 18.4. The van der Waals surface area contributed by atoms with Gasteiger partial charge in [0, 0.05) is 46.0 Å². The van der Waals surface area contributed by atoms with E-state index in [1.807, 2.05) is 20.8 Å². The molecule has 1 heterocycles. The summed E-state index contributed by atoms with van der Waals surface area (Å²) in [6, 6.07) is 0. The number of piperazine rings is 1. The van der Waals surface area contributed by atoms with Crippen LogP contribution in [0.3, 0.4) is 0 Å². The molecule has 1 unspecified atom stereocenters. The minimum Gasteiger partial charge on any atom is -0.373 e. The third-order valence-electron chi connectivity index (χ3n) is 4.54. The fourth-order valence-electron chi connectivity index (χ4n) is 3.45. The number of nitrogens with zero attached hydrogens (tertiary/aromatic N) is 2. The van der Waals surface area contributed by atoms with E-state index in [9.17, 15) is 0 Å². The molecular formula is C16H38N2O3Si2. The lowest BCUT2D eigenvalue weighted by atomic mass is 10.3. The summed E-state index contributed by atoms with van der Waals surface area (Å²) in [5.41, 5.74) is 0.270. The molecule has 1 aliphatic rings. The Bertz CT molecular complexity index is 315. The Morgan fingerprint density at radius 2 is 1.22 bits per heavy atom. The second-order valence-electron chi connectivity index (χ2n) is 7.02. The van der Waals surface area contributed by atoms with Crippen molar-refractivity contribution in [2.75, 3.05) is 46.0 Å². The predicted octanol–water partition coefficient (Wildman–Crippen LogP) is 2.81. The van der Waals surface area contributed by atoms with Crippen molar-refractivity contribution in [3.63, 3.8) is 0 Å². The van der Waals surface area contributed by atoms with Crippen molar-refractivity contribution in [3.8, 4) is 0 Å². The normalized spacial score (nSPS) is 20.0. The second-order valence-corrected chi connectivity index (χ2v) is 14.7. The summed E-state index contributed by atoms with van der Waals surface area (Å²) in [4.78, 5) is 2.56. The Hall–Kier alpha value is 0.234. The molecule has 0 N–H and O–H groups in total. The second kappa shape index (κ2) is 9.65. The standard InChI is InChI=1S/C16H38N2O3Si2/c1-8-16(23(19-9-2,20-10-3)21-11-4)17-12-14-18(15-13-17)22(5,6)7/h16H,8-15H2,1-7H3. The van der Waals surface area contributed by atoms with E-state index in [-0.39, 0.29) is 5.67 Å². The molecule has 0 aliphatic carbocycles. The first kappa shape index (κ1) is 21.3. The van der Waals surface area contributed by atoms with Crippen LogP contribution in [0, 0.1) is 0 Å². The molecule has 0 aromatic heterocycles. The minimum absolute atomic E-state index is 0.270. The first-order valence-corrected chi connectivity index (χ1v) is 14.5. The Morgan fingerprint density at radius 1 is 0.783 bits per heavy atom. The van der Waals surface area contributed by atoms with Gasteiger partial charge in [0.15, 0.2) is 0 Å². The Kier molecular flexibility index (Phi) is 8.93. The van der Waals surface area contributed by atoms with Crippen LogP contribution in [0.5, 0.6) is 0 Å². The highest BCUT2D eigenvalue weighted by Crippen LogP contribution is 2.25. The van der Waals surface area contributed by atoms with Gasteiger partial charge in [-0.15, -0.1) is 0 Å². The highest BCUT2D eigenvalue weighted by atomic mass is 28.4. The molecule has 0 spiro atoms. The molecule has 1 aliphatic heterocycles. The van der Waals surface area contributed by atoms with Gasteiger partial charge >= 0.3 is 8.80 Å². The molecule has 0 radical (unpaired) electrons. The third kappa shape index (κ3) is 5.62. The molecule has 0 aromatic carbocycles. The lowest BCUT2D eigenvalue weighted by Gasteiger charge is -2.47. The van der Waals surface area contributed by atoms with Crippen LogP contribution in [0.1, 0.15) is 34.1 Å². The van der Waals surface area contributed by atoms with Crippen molar-refractivity contribution >= 4 is 17.0 Å². The number of hydrogen-bond acceptors (Lipinski definition) is 5. The summed E-state index contributed by atoms with van der Waals surface area (Å²) in [5.74, 6) is 0. The Morgan fingerprint density at radius 3 is 1.52 bits per heavy atom. The largest absolute Gasteiger partial charge is 0.519 e. The molecule has 0 saturated carbocycles. The van der Waals surface area contributed by atoms with E-state index in [1.54, 1.807) is 0 Å². The SMILES string of the molecule is CCO[Si](OCC)(OCC)C(CC)N1CCN([Si](C)(C)C)CC1. The molecule has 1 saturated heterocycles. The van der Waals surface area contributed by atoms with E-state index in [4.69, 9.17) is 13.3 Å². The van der Waals surface area contributed by atoms with E-state index >= 15 is 0 Å². The van der Waals surface area contributed by atoms with Crippen LogP contribution >= 0.6 is 0 Å². The van der Waals surface area contributed by atoms with Crippen LogP contribution in [-0.2, 0) is 13.3 Å². The van der Waals surface area contributed by atoms with Gasteiger partial charge in [-0.2, -0.15) is 0 Å². The maximum Gasteiger partial charge on any atom is 0.519 e. The van der Waals surface area contributed by atoms with Crippen molar-refractivity contribution in [3.05, 3.63) is 0 Å². The fourth-order valence-corrected chi connectivity index (χ4v) is 8.23. The van der Waals surface area contributed by atoms with Gasteiger partial charge in [-0.05, 0) is 27.2 Å². The average molecular weight is 363 g/mol. The predicted molar refractivity (Wildman–Crippen MR) is 101 cm³/mol. The molecular weight excluding hydrogens is 324 g/mol. The molecule has 1 rings (SSSR count). The first-order valence-electron chi connectivity index (χ1n) is 9.25. The highest BCUT2D eigenvalue weighted by Gasteiger charge is 2.51. The highest BCUT2D eigenvalue weighted by molar-refractivity contribution is 6.73. The van der Waals surface area contributed by atoms with Crippen LogP contribution in [0.25, 0.3) is 0 Å². The van der Waals surface area contributed by atoms with E-state index in [2.05, 4.69) is 36.0 Å². The van der Waals surface area contributed by atoms with Crippen LogP contribution in [-0.4, -0.2) is 78.2 Å². The first-order chi connectivity index (χ1) is 10.8. The molecule has 1 fully saturated rings. The molecule has 138 valence electrons. The van der Waals surface area contributed by atoms with E-state index < -0.39 is 17.0 Å². The molecule has 0 bridgehead atoms. The summed E-state index contributed by atoms with van der Waals surface area (Å²) >= 11 is 0. The molecule has 0 aromatic rings. The van der Waals surface area contributed by atoms with Gasteiger partial charge in [0.2, 0.25) is 0 Å². The smallest absolute Gasteiger partial charge is 0.373 e. The summed E-state index contributed by atoms with van der Waals surface area (Å²) in [7, 11) is -3.86. The summed E-state index contributed by atoms with van der Waals surface area (Å²) in [6.45, 7) is 22.1. The monoisotopic (exact) mass is 362 g/mol. The van der Waals surface area contributed by atoms with Gasteiger partial charge in [0.1, 0.15) is 8.24 Å². The lowest BCUT2D eigenvalue weighted by Crippen LogP contribution is -2.66. The average Bonchev–Trinajstić information content (AvgIpc) is 2.48. The van der Waals surface area contributed by atoms with Crippen molar-refractivity contribution in [1.82, 2.24) is 9.47 Å². The van der Waals surface area contributed by atoms with Crippen molar-refractivity contribution in [2.24, 2.45) is 0 Å². The minimum atomic E-state index is -2.66. The summed E-state index contributed by atoms with van der Waals surface area (Å²) in [6.07, 6.45) is 1.01. The van der Waals surface area contributed by atoms with Crippen LogP contribution in [0.2, 0.25) is 19.6 Å². The Labute approximate surface area is 145 Å². The van der Waals surface area contributed by atoms with Gasteiger partial charge < -0.3 is 17.8 Å². The van der Waals surface area contributed by atoms with Crippen LogP contribution in [0.15, 0.2) is 0 Å². The number of rotatable bonds is 10. The summed E-state index contributed by atoms with van der Waals surface area (Å²) in [5, 5.41) is 0. The maximum atomic E-state index is 6.16. The van der Waals surface area contributed by atoms with Gasteiger partial charge in [-0.1, -0.05) is 26.6 Å². The molecule has 7 heteroatoms. The lowest BCUT2D eigenvalue weighted by molar-refractivity contribution is 0.0262. The molecule has 5 nitrogen and oxygen atoms in total. The Balaban J connectivity index is 2.87. The van der Waals surface area contributed by atoms with Crippen LogP contribution in [0.4, 0.5) is 0 Å². The summed E-state index contributed by atoms with van der Waals surface area (Å²) < 4.78 is 21.2. The quantitative estimate of drug-likeness (QED) is 0.558. The van der Waals surface area contributed by atoms with Crippen molar-refractivity contribution in [2.45, 2.75) is 59.4 Å². The fraction of sp³-hybridized carbons (Fsp3) is 1.00. The third-order valence-corrected chi connectivity index (χ3v) is 10.5. The number of hydrogen-bond donors (Lipinski definition) is 0. The maximum absolute atomic E-state index is 6.16. The van der Waals surface area contributed by atoms with Gasteiger partial charge in [0.05, 0.1) is 5.67 Å². The molecule has 23 heavy (non-hydrogen) atoms. The van der Waals surface area contributed by atoms with Crippen molar-refractivity contribution in [1.29, 1.82) is 0 Å². The van der Waals surface area contributed by atoms with Crippen LogP contribution < -0.4 is 0 Å². The van der Waals surface area contributed by atoms with Crippen molar-refractivity contribution < 1.29 is 13.3 Å². The zero-order valence-electron chi connectivity index (χ0n) is 16.4. The van der Waals surface area contributed by atoms with Gasteiger partial charge in [-0.3, -0.25) is 4.90 Å². The van der Waals surface area contributed by atoms with E-state index in [0.717, 1.165) is 32.6 Å². The van der Waals surface area contributed by atoms with Gasteiger partial charge in [0.25, 0.3) is 0 Å². The van der Waals surface area contributed by atoms with E-state index in [1.165, 1.54) is 0 Å². The van der Waals surface area contributed by atoms with Gasteiger partial charge in [-0.25, -0.2) is 0 Å². The van der Waals surface area contributed by atoms with E-state index in [0.29, 0.717) is 19.8 Å². The topological polar surface area (TPSA) is 34.2 Å². The molecule has 0 amide bonds. The molecule has 1 atom stereocenters. The zero-order chi connectivity index (χ0) is 17.5.